The van der Waals surface area contributed by atoms with Crippen LogP contribution in [-0.2, 0) is 0 Å². The summed E-state index contributed by atoms with van der Waals surface area (Å²) in [6.07, 6.45) is 0.854. The first-order valence-electron chi connectivity index (χ1n) is 4.06. The summed E-state index contributed by atoms with van der Waals surface area (Å²) in [5.74, 6) is 0.804. The smallest absolute Gasteiger partial charge is 0.126 e. The van der Waals surface area contributed by atoms with E-state index >= 15 is 0 Å². The summed E-state index contributed by atoms with van der Waals surface area (Å²) in [5.41, 5.74) is 6.97. The highest BCUT2D eigenvalue weighted by Gasteiger charge is 2.21. The second-order valence-electron chi connectivity index (χ2n) is 3.04. The largest absolute Gasteiger partial charge is 0.493 e. The van der Waals surface area contributed by atoms with Gasteiger partial charge in [-0.15, -0.1) is 0 Å². The molecule has 0 amide bonds. The van der Waals surface area contributed by atoms with Gasteiger partial charge in [-0.1, -0.05) is 27.5 Å². The fourth-order valence-corrected chi connectivity index (χ4v) is 2.56. The zero-order valence-electron chi connectivity index (χ0n) is 6.89. The van der Waals surface area contributed by atoms with Gasteiger partial charge < -0.3 is 10.5 Å². The van der Waals surface area contributed by atoms with Gasteiger partial charge in [-0.3, -0.25) is 0 Å². The Kier molecular flexibility index (Phi) is 2.49. The van der Waals surface area contributed by atoms with E-state index in [2.05, 4.69) is 15.9 Å². The van der Waals surface area contributed by atoms with Gasteiger partial charge in [-0.2, -0.15) is 0 Å². The molecule has 1 aliphatic heterocycles. The van der Waals surface area contributed by atoms with Crippen molar-refractivity contribution in [1.29, 1.82) is 0 Å². The van der Waals surface area contributed by atoms with Crippen molar-refractivity contribution in [2.45, 2.75) is 12.5 Å². The van der Waals surface area contributed by atoms with Crippen LogP contribution in [0.5, 0.6) is 5.75 Å². The predicted octanol–water partition coefficient (Wildman–Crippen LogP) is 2.88. The molecular formula is C9H9BrClNO. The highest BCUT2D eigenvalue weighted by Crippen LogP contribution is 2.38. The van der Waals surface area contributed by atoms with E-state index in [9.17, 15) is 0 Å². The topological polar surface area (TPSA) is 35.2 Å². The maximum Gasteiger partial charge on any atom is 0.126 e. The molecule has 0 fully saturated rings. The molecular weight excluding hydrogens is 253 g/mol. The molecule has 1 atom stereocenters. The van der Waals surface area contributed by atoms with Crippen LogP contribution in [0.1, 0.15) is 18.0 Å². The molecule has 2 N–H and O–H groups in total. The first kappa shape index (κ1) is 9.31. The first-order chi connectivity index (χ1) is 6.18. The SMILES string of the molecule is N[C@@H]1CCOc2cc(Cl)cc(Br)c21. The van der Waals surface area contributed by atoms with E-state index < -0.39 is 0 Å². The molecule has 2 rings (SSSR count). The summed E-state index contributed by atoms with van der Waals surface area (Å²) >= 11 is 9.31. The van der Waals surface area contributed by atoms with Gasteiger partial charge in [0.05, 0.1) is 6.61 Å². The van der Waals surface area contributed by atoms with Crippen LogP contribution < -0.4 is 10.5 Å². The van der Waals surface area contributed by atoms with Gasteiger partial charge in [0.2, 0.25) is 0 Å². The maximum absolute atomic E-state index is 5.94. The van der Waals surface area contributed by atoms with Gasteiger partial charge >= 0.3 is 0 Å². The van der Waals surface area contributed by atoms with Crippen molar-refractivity contribution < 1.29 is 4.74 Å². The minimum atomic E-state index is 0.0513. The molecule has 0 saturated carbocycles. The zero-order chi connectivity index (χ0) is 9.42. The molecule has 0 radical (unpaired) electrons. The van der Waals surface area contributed by atoms with Crippen LogP contribution in [0.2, 0.25) is 5.02 Å². The summed E-state index contributed by atoms with van der Waals surface area (Å²) in [6, 6.07) is 3.70. The minimum Gasteiger partial charge on any atom is -0.493 e. The van der Waals surface area contributed by atoms with Crippen LogP contribution in [0.25, 0.3) is 0 Å². The van der Waals surface area contributed by atoms with E-state index in [4.69, 9.17) is 22.1 Å². The third-order valence-corrected chi connectivity index (χ3v) is 2.99. The van der Waals surface area contributed by atoms with Crippen LogP contribution >= 0.6 is 27.5 Å². The molecule has 13 heavy (non-hydrogen) atoms. The molecule has 0 bridgehead atoms. The summed E-state index contributed by atoms with van der Waals surface area (Å²) in [6.45, 7) is 0.668. The number of nitrogens with two attached hydrogens (primary N) is 1. The number of benzene rings is 1. The zero-order valence-corrected chi connectivity index (χ0v) is 9.23. The number of hydrogen-bond donors (Lipinski definition) is 1. The maximum atomic E-state index is 5.94. The van der Waals surface area contributed by atoms with E-state index in [0.29, 0.717) is 11.6 Å². The second kappa shape index (κ2) is 3.48. The Bertz CT molecular complexity index is 343. The molecule has 4 heteroatoms. The van der Waals surface area contributed by atoms with Crippen molar-refractivity contribution in [3.8, 4) is 5.75 Å². The Labute approximate surface area is 90.1 Å². The van der Waals surface area contributed by atoms with Crippen LogP contribution in [0.4, 0.5) is 0 Å². The Morgan fingerprint density at radius 2 is 2.31 bits per heavy atom. The number of ether oxygens (including phenoxy) is 1. The third kappa shape index (κ3) is 1.68. The number of fused-ring (bicyclic) bond motifs is 1. The molecule has 0 saturated heterocycles. The summed E-state index contributed by atoms with van der Waals surface area (Å²) in [5, 5.41) is 0.666. The van der Waals surface area contributed by atoms with Crippen molar-refractivity contribution in [1.82, 2.24) is 0 Å². The average molecular weight is 263 g/mol. The van der Waals surface area contributed by atoms with Crippen molar-refractivity contribution in [2.75, 3.05) is 6.61 Å². The molecule has 1 aliphatic rings. The second-order valence-corrected chi connectivity index (χ2v) is 4.33. The van der Waals surface area contributed by atoms with Gasteiger partial charge in [0.25, 0.3) is 0 Å². The van der Waals surface area contributed by atoms with Crippen molar-refractivity contribution in [3.63, 3.8) is 0 Å². The fourth-order valence-electron chi connectivity index (χ4n) is 1.48. The van der Waals surface area contributed by atoms with E-state index in [1.165, 1.54) is 0 Å². The first-order valence-corrected chi connectivity index (χ1v) is 5.23. The van der Waals surface area contributed by atoms with E-state index in [1.807, 2.05) is 6.07 Å². The van der Waals surface area contributed by atoms with Gasteiger partial charge in [0, 0.05) is 27.5 Å². The van der Waals surface area contributed by atoms with E-state index in [1.54, 1.807) is 6.07 Å². The lowest BCUT2D eigenvalue weighted by Crippen LogP contribution is -2.21. The molecule has 1 aromatic carbocycles. The lowest BCUT2D eigenvalue weighted by Gasteiger charge is -2.24. The van der Waals surface area contributed by atoms with Crippen molar-refractivity contribution in [2.24, 2.45) is 5.73 Å². The highest BCUT2D eigenvalue weighted by atomic mass is 79.9. The Morgan fingerprint density at radius 1 is 1.54 bits per heavy atom. The van der Waals surface area contributed by atoms with Gasteiger partial charge in [-0.25, -0.2) is 0 Å². The van der Waals surface area contributed by atoms with Gasteiger partial charge in [0.15, 0.2) is 0 Å². The third-order valence-electron chi connectivity index (χ3n) is 2.11. The van der Waals surface area contributed by atoms with E-state index in [0.717, 1.165) is 22.2 Å². The lowest BCUT2D eigenvalue weighted by molar-refractivity contribution is 0.268. The average Bonchev–Trinajstić information content (AvgIpc) is 2.02. The molecule has 2 nitrogen and oxygen atoms in total. The van der Waals surface area contributed by atoms with Gasteiger partial charge in [0.1, 0.15) is 5.75 Å². The van der Waals surface area contributed by atoms with Crippen LogP contribution in [0, 0.1) is 0 Å². The van der Waals surface area contributed by atoms with Crippen LogP contribution in [-0.4, -0.2) is 6.61 Å². The van der Waals surface area contributed by atoms with Crippen LogP contribution in [0.3, 0.4) is 0 Å². The van der Waals surface area contributed by atoms with Crippen molar-refractivity contribution in [3.05, 3.63) is 27.2 Å². The Morgan fingerprint density at radius 3 is 3.08 bits per heavy atom. The summed E-state index contributed by atoms with van der Waals surface area (Å²) < 4.78 is 6.39. The summed E-state index contributed by atoms with van der Waals surface area (Å²) in [7, 11) is 0. The van der Waals surface area contributed by atoms with Gasteiger partial charge in [-0.05, 0) is 12.1 Å². The summed E-state index contributed by atoms with van der Waals surface area (Å²) in [4.78, 5) is 0. The number of halogens is 2. The minimum absolute atomic E-state index is 0.0513. The molecule has 0 unspecified atom stereocenters. The molecule has 1 aromatic rings. The highest BCUT2D eigenvalue weighted by molar-refractivity contribution is 9.10. The standard InChI is InChI=1S/C9H9BrClNO/c10-6-3-5(11)4-8-9(6)7(12)1-2-13-8/h3-4,7H,1-2,12H2/t7-/m1/s1. The van der Waals surface area contributed by atoms with Crippen LogP contribution in [0.15, 0.2) is 16.6 Å². The van der Waals surface area contributed by atoms with E-state index in [-0.39, 0.29) is 6.04 Å². The molecule has 70 valence electrons. The number of rotatable bonds is 0. The Hall–Kier alpha value is -0.250. The number of hydrogen-bond acceptors (Lipinski definition) is 2. The normalized spacial score (nSPS) is 20.7. The quantitative estimate of drug-likeness (QED) is 0.780. The van der Waals surface area contributed by atoms with Crippen molar-refractivity contribution >= 4 is 27.5 Å². The lowest BCUT2D eigenvalue weighted by atomic mass is 10.0. The molecule has 0 aromatic heterocycles. The molecule has 0 spiro atoms. The monoisotopic (exact) mass is 261 g/mol. The molecule has 0 aliphatic carbocycles. The Balaban J connectivity index is 2.56. The molecule has 1 heterocycles. The fraction of sp³-hybridized carbons (Fsp3) is 0.333. The predicted molar refractivity (Wildman–Crippen MR) is 56.2 cm³/mol.